The van der Waals surface area contributed by atoms with Gasteiger partial charge in [0.25, 0.3) is 5.70 Å². The number of benzene rings is 1. The summed E-state index contributed by atoms with van der Waals surface area (Å²) in [6.45, 7) is 0.381. The Morgan fingerprint density at radius 2 is 1.95 bits per heavy atom. The van der Waals surface area contributed by atoms with Gasteiger partial charge in [-0.1, -0.05) is 18.2 Å². The van der Waals surface area contributed by atoms with Crippen molar-refractivity contribution in [3.63, 3.8) is 0 Å². The lowest BCUT2D eigenvalue weighted by atomic mass is 10.1. The SMILES string of the molecule is O=[N+]([O-])C(CCS(=O)(=O)Oc1ccccc1)=C1COC1. The van der Waals surface area contributed by atoms with Gasteiger partial charge in [-0.2, -0.15) is 8.42 Å². The van der Waals surface area contributed by atoms with Crippen LogP contribution in [0.1, 0.15) is 6.42 Å². The molecule has 0 saturated carbocycles. The quantitative estimate of drug-likeness (QED) is 0.447. The molecule has 1 aromatic rings. The van der Waals surface area contributed by atoms with Crippen molar-refractivity contribution in [1.82, 2.24) is 0 Å². The molecule has 1 heterocycles. The largest absolute Gasteiger partial charge is 0.382 e. The summed E-state index contributed by atoms with van der Waals surface area (Å²) >= 11 is 0. The molecule has 0 bridgehead atoms. The highest BCUT2D eigenvalue weighted by Crippen LogP contribution is 2.19. The Labute approximate surface area is 116 Å². The molecule has 2 rings (SSSR count). The number of hydrogen-bond acceptors (Lipinski definition) is 6. The van der Waals surface area contributed by atoms with Gasteiger partial charge in [0.15, 0.2) is 0 Å². The summed E-state index contributed by atoms with van der Waals surface area (Å²) in [6.07, 6.45) is -0.194. The van der Waals surface area contributed by atoms with E-state index in [1.807, 2.05) is 0 Å². The molecule has 0 spiro atoms. The first kappa shape index (κ1) is 14.5. The van der Waals surface area contributed by atoms with Crippen LogP contribution in [0.3, 0.4) is 0 Å². The van der Waals surface area contributed by atoms with Crippen molar-refractivity contribution >= 4 is 10.1 Å². The van der Waals surface area contributed by atoms with Crippen LogP contribution in [0.2, 0.25) is 0 Å². The molecule has 1 aliphatic heterocycles. The zero-order chi connectivity index (χ0) is 14.6. The van der Waals surface area contributed by atoms with Gasteiger partial charge in [0.05, 0.1) is 35.9 Å². The maximum Gasteiger partial charge on any atom is 0.309 e. The molecule has 108 valence electrons. The first-order chi connectivity index (χ1) is 9.48. The number of nitrogens with zero attached hydrogens (tertiary/aromatic N) is 1. The van der Waals surface area contributed by atoms with Gasteiger partial charge in [0.1, 0.15) is 5.75 Å². The molecule has 0 unspecified atom stereocenters. The number of nitro groups is 1. The molecule has 8 heteroatoms. The van der Waals surface area contributed by atoms with E-state index in [0.29, 0.717) is 5.57 Å². The number of para-hydroxylation sites is 1. The molecule has 0 aliphatic carbocycles. The third-order valence-corrected chi connectivity index (χ3v) is 3.89. The van der Waals surface area contributed by atoms with Crippen LogP contribution in [-0.2, 0) is 14.9 Å². The zero-order valence-electron chi connectivity index (χ0n) is 10.5. The minimum Gasteiger partial charge on any atom is -0.382 e. The summed E-state index contributed by atoms with van der Waals surface area (Å²) in [5, 5.41) is 10.9. The average molecular weight is 299 g/mol. The Morgan fingerprint density at radius 3 is 2.45 bits per heavy atom. The van der Waals surface area contributed by atoms with E-state index in [2.05, 4.69) is 0 Å². The molecule has 0 aromatic heterocycles. The van der Waals surface area contributed by atoms with Crippen LogP contribution < -0.4 is 4.18 Å². The normalized spacial score (nSPS) is 14.5. The predicted octanol–water partition coefficient (Wildman–Crippen LogP) is 1.35. The van der Waals surface area contributed by atoms with Crippen LogP contribution in [0.25, 0.3) is 0 Å². The molecule has 7 nitrogen and oxygen atoms in total. The van der Waals surface area contributed by atoms with Crippen molar-refractivity contribution in [1.29, 1.82) is 0 Å². The molecule has 0 amide bonds. The van der Waals surface area contributed by atoms with Crippen LogP contribution in [-0.4, -0.2) is 32.3 Å². The van der Waals surface area contributed by atoms with Gasteiger partial charge < -0.3 is 8.92 Å². The van der Waals surface area contributed by atoms with Crippen LogP contribution in [0.15, 0.2) is 41.6 Å². The summed E-state index contributed by atoms with van der Waals surface area (Å²) in [5.74, 6) is -0.253. The molecular weight excluding hydrogens is 286 g/mol. The Bertz CT molecular complexity index is 617. The van der Waals surface area contributed by atoms with Gasteiger partial charge in [-0.15, -0.1) is 0 Å². The summed E-state index contributed by atoms with van der Waals surface area (Å²) < 4.78 is 33.2. The Hall–Kier alpha value is -1.93. The lowest BCUT2D eigenvalue weighted by Gasteiger charge is -2.17. The van der Waals surface area contributed by atoms with E-state index < -0.39 is 20.8 Å². The molecule has 0 radical (unpaired) electrons. The van der Waals surface area contributed by atoms with Crippen molar-refractivity contribution in [2.45, 2.75) is 6.42 Å². The summed E-state index contributed by atoms with van der Waals surface area (Å²) in [6, 6.07) is 8.02. The van der Waals surface area contributed by atoms with E-state index >= 15 is 0 Å². The number of ether oxygens (including phenoxy) is 1. The summed E-state index contributed by atoms with van der Waals surface area (Å²) in [4.78, 5) is 10.3. The van der Waals surface area contributed by atoms with Crippen molar-refractivity contribution in [2.24, 2.45) is 0 Å². The molecule has 0 atom stereocenters. The third kappa shape index (κ3) is 3.78. The first-order valence-corrected chi connectivity index (χ1v) is 7.46. The van der Waals surface area contributed by atoms with Gasteiger partial charge in [0, 0.05) is 0 Å². The van der Waals surface area contributed by atoms with Crippen molar-refractivity contribution in [3.8, 4) is 5.75 Å². The molecule has 20 heavy (non-hydrogen) atoms. The van der Waals surface area contributed by atoms with Crippen LogP contribution in [0, 0.1) is 10.1 Å². The van der Waals surface area contributed by atoms with Crippen molar-refractivity contribution in [2.75, 3.05) is 19.0 Å². The molecule has 1 fully saturated rings. The summed E-state index contributed by atoms with van der Waals surface area (Å²) in [5.41, 5.74) is 0.432. The van der Waals surface area contributed by atoms with E-state index in [4.69, 9.17) is 8.92 Å². The second kappa shape index (κ2) is 6.02. The number of hydrogen-bond donors (Lipinski definition) is 0. The Balaban J connectivity index is 2.00. The Kier molecular flexibility index (Phi) is 4.35. The van der Waals surface area contributed by atoms with Crippen LogP contribution in [0.4, 0.5) is 0 Å². The lowest BCUT2D eigenvalue weighted by molar-refractivity contribution is -0.430. The standard InChI is InChI=1S/C12H13NO6S/c14-13(15)12(10-8-18-9-10)6-7-20(16,17)19-11-4-2-1-3-5-11/h1-5H,6-9H2. The van der Waals surface area contributed by atoms with E-state index in [1.165, 1.54) is 12.1 Å². The highest BCUT2D eigenvalue weighted by Gasteiger charge is 2.26. The summed E-state index contributed by atoms with van der Waals surface area (Å²) in [7, 11) is -3.86. The van der Waals surface area contributed by atoms with Gasteiger partial charge in [-0.3, -0.25) is 10.1 Å². The predicted molar refractivity (Wildman–Crippen MR) is 70.3 cm³/mol. The van der Waals surface area contributed by atoms with Crippen LogP contribution >= 0.6 is 0 Å². The van der Waals surface area contributed by atoms with Gasteiger partial charge in [-0.05, 0) is 12.1 Å². The minimum atomic E-state index is -3.86. The number of rotatable bonds is 6. The fraction of sp³-hybridized carbons (Fsp3) is 0.333. The topological polar surface area (TPSA) is 95.7 Å². The fourth-order valence-corrected chi connectivity index (χ4v) is 2.58. The fourth-order valence-electron chi connectivity index (χ4n) is 1.65. The van der Waals surface area contributed by atoms with Gasteiger partial charge in [0.2, 0.25) is 0 Å². The second-order valence-corrected chi connectivity index (χ2v) is 5.90. The molecule has 1 aromatic carbocycles. The van der Waals surface area contributed by atoms with Gasteiger partial charge in [-0.25, -0.2) is 0 Å². The maximum atomic E-state index is 11.8. The van der Waals surface area contributed by atoms with E-state index in [0.717, 1.165) is 0 Å². The highest BCUT2D eigenvalue weighted by molar-refractivity contribution is 7.87. The number of allylic oxidation sites excluding steroid dienone is 1. The molecule has 1 saturated heterocycles. The van der Waals surface area contributed by atoms with Crippen LogP contribution in [0.5, 0.6) is 5.75 Å². The molecule has 1 aliphatic rings. The molecular formula is C12H13NO6S. The van der Waals surface area contributed by atoms with Crippen molar-refractivity contribution < 1.29 is 22.3 Å². The van der Waals surface area contributed by atoms with E-state index in [-0.39, 0.29) is 31.1 Å². The average Bonchev–Trinajstić information content (AvgIpc) is 2.32. The molecule has 0 N–H and O–H groups in total. The smallest absolute Gasteiger partial charge is 0.309 e. The monoisotopic (exact) mass is 299 g/mol. The third-order valence-electron chi connectivity index (χ3n) is 2.74. The first-order valence-electron chi connectivity index (χ1n) is 5.88. The zero-order valence-corrected chi connectivity index (χ0v) is 11.3. The Morgan fingerprint density at radius 1 is 1.30 bits per heavy atom. The minimum absolute atomic E-state index is 0.100. The highest BCUT2D eigenvalue weighted by atomic mass is 32.2. The van der Waals surface area contributed by atoms with Crippen molar-refractivity contribution in [3.05, 3.63) is 51.7 Å². The van der Waals surface area contributed by atoms with E-state index in [1.54, 1.807) is 18.2 Å². The lowest BCUT2D eigenvalue weighted by Crippen LogP contribution is -2.23. The van der Waals surface area contributed by atoms with Gasteiger partial charge >= 0.3 is 10.1 Å². The maximum absolute atomic E-state index is 11.8. The second-order valence-electron chi connectivity index (χ2n) is 4.21. The van der Waals surface area contributed by atoms with E-state index in [9.17, 15) is 18.5 Å².